The van der Waals surface area contributed by atoms with Crippen molar-refractivity contribution in [3.8, 4) is 0 Å². The molecular formula is C30H32N6O2S2. The van der Waals surface area contributed by atoms with Crippen LogP contribution in [-0.2, 0) is 4.74 Å². The van der Waals surface area contributed by atoms with Crippen LogP contribution in [0.25, 0.3) is 0 Å². The number of anilines is 2. The second-order valence-electron chi connectivity index (χ2n) is 10.3. The lowest BCUT2D eigenvalue weighted by molar-refractivity contribution is 0.0379. The number of aromatic amines is 1. The highest BCUT2D eigenvalue weighted by Crippen LogP contribution is 2.52. The Hall–Kier alpha value is -3.31. The van der Waals surface area contributed by atoms with Gasteiger partial charge in [-0.05, 0) is 56.9 Å². The number of pyridine rings is 1. The van der Waals surface area contributed by atoms with E-state index in [9.17, 15) is 4.79 Å². The summed E-state index contributed by atoms with van der Waals surface area (Å²) in [5.74, 6) is 0. The molecule has 2 atom stereocenters. The molecule has 1 saturated heterocycles. The minimum atomic E-state index is -0.0881. The van der Waals surface area contributed by atoms with Gasteiger partial charge in [0.2, 0.25) is 5.56 Å². The Balaban J connectivity index is 1.22. The maximum atomic E-state index is 11.9. The van der Waals surface area contributed by atoms with E-state index in [0.29, 0.717) is 13.2 Å². The fourth-order valence-electron chi connectivity index (χ4n) is 5.03. The van der Waals surface area contributed by atoms with E-state index in [1.165, 1.54) is 25.1 Å². The van der Waals surface area contributed by atoms with Gasteiger partial charge in [-0.3, -0.25) is 14.8 Å². The Bertz CT molecular complexity index is 1560. The molecule has 206 valence electrons. The minimum absolute atomic E-state index is 0.0212. The van der Waals surface area contributed by atoms with E-state index >= 15 is 0 Å². The molecule has 1 fully saturated rings. The van der Waals surface area contributed by atoms with Crippen LogP contribution >= 0.6 is 23.5 Å². The number of morpholine rings is 1. The summed E-state index contributed by atoms with van der Waals surface area (Å²) in [5.41, 5.74) is 4.93. The largest absolute Gasteiger partial charge is 0.375 e. The molecule has 2 aliphatic rings. The van der Waals surface area contributed by atoms with Crippen LogP contribution in [-0.4, -0.2) is 60.2 Å². The van der Waals surface area contributed by atoms with Crippen molar-refractivity contribution in [1.82, 2.24) is 19.9 Å². The minimum Gasteiger partial charge on any atom is -0.375 e. The molecule has 8 nitrogen and oxygen atoms in total. The highest BCUT2D eigenvalue weighted by atomic mass is 32.2. The van der Waals surface area contributed by atoms with Crippen LogP contribution in [0.15, 0.2) is 91.5 Å². The number of aromatic nitrogens is 3. The van der Waals surface area contributed by atoms with Crippen molar-refractivity contribution in [3.05, 3.63) is 94.4 Å². The average Bonchev–Trinajstić information content (AvgIpc) is 2.95. The van der Waals surface area contributed by atoms with Gasteiger partial charge >= 0.3 is 0 Å². The first-order valence-electron chi connectivity index (χ1n) is 13.3. The monoisotopic (exact) mass is 572 g/mol. The van der Waals surface area contributed by atoms with Gasteiger partial charge in [-0.25, -0.2) is 0 Å². The van der Waals surface area contributed by atoms with E-state index in [-0.39, 0.29) is 17.7 Å². The summed E-state index contributed by atoms with van der Waals surface area (Å²) in [5, 5.41) is 3.69. The zero-order valence-corrected chi connectivity index (χ0v) is 24.4. The summed E-state index contributed by atoms with van der Waals surface area (Å²) in [6, 6.07) is 16.7. The number of H-pyrrole nitrogens is 1. The highest BCUT2D eigenvalue weighted by Gasteiger charge is 2.28. The van der Waals surface area contributed by atoms with Crippen LogP contribution in [0, 0.1) is 6.92 Å². The highest BCUT2D eigenvalue weighted by molar-refractivity contribution is 8.05. The van der Waals surface area contributed by atoms with Gasteiger partial charge in [-0.15, -0.1) is 0 Å². The van der Waals surface area contributed by atoms with Crippen LogP contribution in [0.3, 0.4) is 0 Å². The molecule has 10 heteroatoms. The van der Waals surface area contributed by atoms with E-state index in [0.717, 1.165) is 35.9 Å². The molecule has 4 heterocycles. The fraction of sp³-hybridized carbons (Fsp3) is 0.300. The Kier molecular flexibility index (Phi) is 7.84. The molecule has 0 amide bonds. The first-order chi connectivity index (χ1) is 19.4. The molecule has 6 rings (SSSR count). The molecule has 0 spiro atoms. The summed E-state index contributed by atoms with van der Waals surface area (Å²) in [4.78, 5) is 33.0. The third kappa shape index (κ3) is 5.90. The average molecular weight is 573 g/mol. The van der Waals surface area contributed by atoms with Crippen molar-refractivity contribution in [2.75, 3.05) is 50.6 Å². The van der Waals surface area contributed by atoms with Gasteiger partial charge in [0.15, 0.2) is 0 Å². The van der Waals surface area contributed by atoms with Crippen molar-refractivity contribution in [1.29, 1.82) is 0 Å². The number of hydrogen-bond donors (Lipinski definition) is 2. The second kappa shape index (κ2) is 11.7. The van der Waals surface area contributed by atoms with Crippen LogP contribution < -0.4 is 15.8 Å². The third-order valence-electron chi connectivity index (χ3n) is 6.97. The predicted molar refractivity (Wildman–Crippen MR) is 161 cm³/mol. The number of rotatable bonds is 7. The maximum Gasteiger partial charge on any atom is 0.249 e. The molecule has 0 aliphatic carbocycles. The summed E-state index contributed by atoms with van der Waals surface area (Å²) in [7, 11) is 4.14. The number of fused-ring (bicyclic) bond motifs is 2. The lowest BCUT2D eigenvalue weighted by Gasteiger charge is -2.36. The van der Waals surface area contributed by atoms with Gasteiger partial charge in [0.25, 0.3) is 0 Å². The van der Waals surface area contributed by atoms with Crippen LogP contribution in [0.2, 0.25) is 0 Å². The molecular weight excluding hydrogens is 541 g/mol. The second-order valence-corrected chi connectivity index (χ2v) is 12.4. The quantitative estimate of drug-likeness (QED) is 0.267. The number of aryl methyl sites for hydroxylation is 1. The van der Waals surface area contributed by atoms with E-state index in [4.69, 9.17) is 4.74 Å². The number of hydrogen-bond acceptors (Lipinski definition) is 9. The predicted octanol–water partition coefficient (Wildman–Crippen LogP) is 5.38. The van der Waals surface area contributed by atoms with Crippen molar-refractivity contribution < 1.29 is 4.74 Å². The summed E-state index contributed by atoms with van der Waals surface area (Å²) in [6.45, 7) is 4.84. The Labute approximate surface area is 242 Å². The van der Waals surface area contributed by atoms with E-state index in [2.05, 4.69) is 80.6 Å². The lowest BCUT2D eigenvalue weighted by Crippen LogP contribution is -2.39. The first-order valence-corrected chi connectivity index (χ1v) is 14.9. The molecule has 0 radical (unpaired) electrons. The van der Waals surface area contributed by atoms with Gasteiger partial charge < -0.3 is 24.8 Å². The summed E-state index contributed by atoms with van der Waals surface area (Å²) in [6.07, 6.45) is 5.32. The SMILES string of the molecule is Cc1cnc(C(CN(C)C)Nc2ccc3c(c2)Sc2cccc(C4CN(c5cc[nH]c(=O)c5)CCO4)c2S3)cn1. The molecule has 2 aromatic carbocycles. The van der Waals surface area contributed by atoms with Crippen LogP contribution in [0.1, 0.15) is 29.1 Å². The lowest BCUT2D eigenvalue weighted by atomic mass is 10.1. The van der Waals surface area contributed by atoms with Crippen LogP contribution in [0.4, 0.5) is 11.4 Å². The van der Waals surface area contributed by atoms with E-state index < -0.39 is 0 Å². The Morgan fingerprint density at radius 2 is 2.00 bits per heavy atom. The Morgan fingerprint density at radius 3 is 2.80 bits per heavy atom. The molecule has 2 aliphatic heterocycles. The zero-order chi connectivity index (χ0) is 27.6. The Morgan fingerprint density at radius 1 is 1.10 bits per heavy atom. The molecule has 2 unspecified atom stereocenters. The van der Waals surface area contributed by atoms with Gasteiger partial charge in [0, 0.05) is 69.1 Å². The smallest absolute Gasteiger partial charge is 0.249 e. The molecule has 4 aromatic rings. The number of nitrogens with zero attached hydrogens (tertiary/aromatic N) is 4. The van der Waals surface area contributed by atoms with E-state index in [1.54, 1.807) is 35.8 Å². The van der Waals surface area contributed by atoms with Crippen molar-refractivity contribution >= 4 is 34.9 Å². The molecule has 2 N–H and O–H groups in total. The van der Waals surface area contributed by atoms with E-state index in [1.807, 2.05) is 25.4 Å². The topological polar surface area (TPSA) is 86.4 Å². The first kappa shape index (κ1) is 26.9. The van der Waals surface area contributed by atoms with Crippen molar-refractivity contribution in [3.63, 3.8) is 0 Å². The van der Waals surface area contributed by atoms with Gasteiger partial charge in [-0.2, -0.15) is 0 Å². The van der Waals surface area contributed by atoms with Crippen molar-refractivity contribution in [2.45, 2.75) is 38.7 Å². The normalized spacial score (nSPS) is 17.3. The molecule has 0 saturated carbocycles. The van der Waals surface area contributed by atoms with Gasteiger partial charge in [0.1, 0.15) is 6.10 Å². The summed E-state index contributed by atoms with van der Waals surface area (Å²) >= 11 is 3.60. The fourth-order valence-corrected chi connectivity index (χ4v) is 7.48. The third-order valence-corrected chi connectivity index (χ3v) is 9.58. The molecule has 2 aromatic heterocycles. The van der Waals surface area contributed by atoms with Gasteiger partial charge in [0.05, 0.1) is 30.2 Å². The number of nitrogens with one attached hydrogen (secondary N) is 2. The van der Waals surface area contributed by atoms with Crippen molar-refractivity contribution in [2.24, 2.45) is 0 Å². The zero-order valence-electron chi connectivity index (χ0n) is 22.8. The standard InChI is InChI=1S/C30H32N6O2S2/c1-19-15-33-23(16-32-19)24(17-35(2)3)34-20-7-8-26-28(13-20)39-27-6-4-5-22(30(27)40-26)25-18-36(11-12-38-25)21-9-10-31-29(37)14-21/h4-10,13-16,24-25,34H,11-12,17-18H2,1-3H3,(H,31,37). The maximum absolute atomic E-state index is 11.9. The van der Waals surface area contributed by atoms with Gasteiger partial charge in [-0.1, -0.05) is 35.7 Å². The molecule has 40 heavy (non-hydrogen) atoms. The number of likely N-dealkylation sites (N-methyl/N-ethyl adjacent to an activating group) is 1. The molecule has 0 bridgehead atoms. The number of ether oxygens (including phenoxy) is 1. The summed E-state index contributed by atoms with van der Waals surface area (Å²) < 4.78 is 6.27. The van der Waals surface area contributed by atoms with Crippen LogP contribution in [0.5, 0.6) is 0 Å². The number of benzene rings is 2.